The first-order chi connectivity index (χ1) is 6.35. The van der Waals surface area contributed by atoms with E-state index in [4.69, 9.17) is 4.74 Å². The van der Waals surface area contributed by atoms with Gasteiger partial charge < -0.3 is 4.74 Å². The predicted molar refractivity (Wildman–Crippen MR) is 63.1 cm³/mol. The summed E-state index contributed by atoms with van der Waals surface area (Å²) in [6, 6.07) is 0. The highest BCUT2D eigenvalue weighted by atomic mass is 16.5. The first-order valence-electron chi connectivity index (χ1n) is 5.12. The average Bonchev–Trinajstić information content (AvgIpc) is 2.23. The molecule has 0 aliphatic heterocycles. The molecule has 0 rings (SSSR count). The van der Waals surface area contributed by atoms with E-state index in [0.717, 1.165) is 0 Å². The monoisotopic (exact) mass is 186 g/mol. The van der Waals surface area contributed by atoms with E-state index in [1.54, 1.807) is 7.11 Å². The van der Waals surface area contributed by atoms with Crippen molar-refractivity contribution >= 4 is 0 Å². The molecule has 0 unspecified atom stereocenters. The number of allylic oxidation sites excluding steroid dienone is 2. The van der Waals surface area contributed by atoms with Crippen molar-refractivity contribution in [1.82, 2.24) is 0 Å². The highest BCUT2D eigenvalue weighted by Crippen LogP contribution is 1.95. The highest BCUT2D eigenvalue weighted by Gasteiger charge is 1.84. The summed E-state index contributed by atoms with van der Waals surface area (Å²) in [6.07, 6.45) is 6.10. The zero-order valence-electron chi connectivity index (χ0n) is 10.3. The Bertz CT molecular complexity index is 112. The van der Waals surface area contributed by atoms with Gasteiger partial charge in [0.05, 0.1) is 6.61 Å². The standard InChI is InChI=1S/C8H14O.2C2H6/c1-4-6-8(5-2)7-9-3;2*1-2/h4-6H,7H2,1-3H3;2*1-2H3/b6-4-,8-5+;;. The smallest absolute Gasteiger partial charge is 0.0709 e. The molecule has 0 heterocycles. The minimum Gasteiger partial charge on any atom is -0.380 e. The fourth-order valence-corrected chi connectivity index (χ4v) is 0.608. The molecule has 0 amide bonds. The number of methoxy groups -OCH3 is 1. The molecule has 0 saturated heterocycles. The Morgan fingerprint density at radius 3 is 1.77 bits per heavy atom. The number of rotatable bonds is 3. The van der Waals surface area contributed by atoms with Gasteiger partial charge in [0.25, 0.3) is 0 Å². The van der Waals surface area contributed by atoms with Crippen molar-refractivity contribution in [2.75, 3.05) is 13.7 Å². The molecule has 0 aliphatic carbocycles. The zero-order chi connectivity index (χ0) is 11.1. The van der Waals surface area contributed by atoms with Crippen LogP contribution in [0.3, 0.4) is 0 Å². The Morgan fingerprint density at radius 2 is 1.54 bits per heavy atom. The van der Waals surface area contributed by atoms with Gasteiger partial charge in [-0.1, -0.05) is 45.9 Å². The first-order valence-corrected chi connectivity index (χ1v) is 5.12. The molecule has 0 saturated carbocycles. The minimum absolute atomic E-state index is 0.709. The van der Waals surface area contributed by atoms with E-state index in [-0.39, 0.29) is 0 Å². The summed E-state index contributed by atoms with van der Waals surface area (Å²) in [5.74, 6) is 0. The van der Waals surface area contributed by atoms with E-state index < -0.39 is 0 Å². The lowest BCUT2D eigenvalue weighted by molar-refractivity contribution is 0.228. The van der Waals surface area contributed by atoms with Gasteiger partial charge >= 0.3 is 0 Å². The molecular formula is C12H26O. The van der Waals surface area contributed by atoms with Gasteiger partial charge in [-0.25, -0.2) is 0 Å². The van der Waals surface area contributed by atoms with Crippen molar-refractivity contribution in [2.24, 2.45) is 0 Å². The Labute approximate surface area is 84.5 Å². The lowest BCUT2D eigenvalue weighted by atomic mass is 10.2. The summed E-state index contributed by atoms with van der Waals surface area (Å²) in [4.78, 5) is 0. The van der Waals surface area contributed by atoms with Gasteiger partial charge in [0.1, 0.15) is 0 Å². The molecule has 1 heteroatoms. The molecule has 0 fully saturated rings. The van der Waals surface area contributed by atoms with Crippen LogP contribution in [-0.2, 0) is 4.74 Å². The molecule has 0 aromatic rings. The van der Waals surface area contributed by atoms with Gasteiger partial charge in [-0.2, -0.15) is 0 Å². The van der Waals surface area contributed by atoms with E-state index in [0.29, 0.717) is 6.61 Å². The van der Waals surface area contributed by atoms with E-state index in [1.165, 1.54) is 5.57 Å². The molecule has 0 N–H and O–H groups in total. The van der Waals surface area contributed by atoms with E-state index >= 15 is 0 Å². The second-order valence-corrected chi connectivity index (χ2v) is 1.80. The quantitative estimate of drug-likeness (QED) is 0.600. The van der Waals surface area contributed by atoms with Crippen LogP contribution in [0.15, 0.2) is 23.8 Å². The van der Waals surface area contributed by atoms with Crippen molar-refractivity contribution in [3.05, 3.63) is 23.8 Å². The van der Waals surface area contributed by atoms with Crippen LogP contribution in [-0.4, -0.2) is 13.7 Å². The summed E-state index contributed by atoms with van der Waals surface area (Å²) in [5.41, 5.74) is 1.22. The molecule has 0 aliphatic rings. The topological polar surface area (TPSA) is 9.23 Å². The van der Waals surface area contributed by atoms with Crippen molar-refractivity contribution in [2.45, 2.75) is 41.5 Å². The van der Waals surface area contributed by atoms with Crippen LogP contribution in [0, 0.1) is 0 Å². The van der Waals surface area contributed by atoms with Crippen LogP contribution >= 0.6 is 0 Å². The number of hydrogen-bond acceptors (Lipinski definition) is 1. The maximum atomic E-state index is 4.93. The van der Waals surface area contributed by atoms with Gasteiger partial charge in [0, 0.05) is 7.11 Å². The summed E-state index contributed by atoms with van der Waals surface area (Å²) in [6.45, 7) is 12.7. The average molecular weight is 186 g/mol. The zero-order valence-corrected chi connectivity index (χ0v) is 10.3. The molecule has 13 heavy (non-hydrogen) atoms. The SMILES string of the molecule is C/C=C\C(=C/C)COC.CC.CC. The second-order valence-electron chi connectivity index (χ2n) is 1.80. The van der Waals surface area contributed by atoms with Gasteiger partial charge in [-0.05, 0) is 19.4 Å². The predicted octanol–water partition coefficient (Wildman–Crippen LogP) is 4.21. The lowest BCUT2D eigenvalue weighted by Crippen LogP contribution is -1.89. The normalized spacial score (nSPS) is 9.92. The third-order valence-corrected chi connectivity index (χ3v) is 1.06. The van der Waals surface area contributed by atoms with Crippen LogP contribution in [0.4, 0.5) is 0 Å². The van der Waals surface area contributed by atoms with Crippen LogP contribution in [0.25, 0.3) is 0 Å². The van der Waals surface area contributed by atoms with Crippen LogP contribution in [0.2, 0.25) is 0 Å². The Morgan fingerprint density at radius 1 is 1.08 bits per heavy atom. The highest BCUT2D eigenvalue weighted by molar-refractivity contribution is 5.17. The third kappa shape index (κ3) is 18.4. The molecule has 80 valence electrons. The van der Waals surface area contributed by atoms with Gasteiger partial charge in [-0.3, -0.25) is 0 Å². The van der Waals surface area contributed by atoms with Gasteiger partial charge in [0.2, 0.25) is 0 Å². The molecule has 0 spiro atoms. The summed E-state index contributed by atoms with van der Waals surface area (Å²) in [5, 5.41) is 0. The third-order valence-electron chi connectivity index (χ3n) is 1.06. The lowest BCUT2D eigenvalue weighted by Gasteiger charge is -1.96. The van der Waals surface area contributed by atoms with E-state index in [1.807, 2.05) is 59.8 Å². The fourth-order valence-electron chi connectivity index (χ4n) is 0.608. The van der Waals surface area contributed by atoms with Crippen LogP contribution < -0.4 is 0 Å². The largest absolute Gasteiger partial charge is 0.380 e. The van der Waals surface area contributed by atoms with Crippen molar-refractivity contribution in [3.63, 3.8) is 0 Å². The Balaban J connectivity index is -0.000000218. The summed E-state index contributed by atoms with van der Waals surface area (Å²) < 4.78 is 4.93. The van der Waals surface area contributed by atoms with Crippen molar-refractivity contribution in [1.29, 1.82) is 0 Å². The Hall–Kier alpha value is -0.560. The van der Waals surface area contributed by atoms with Crippen LogP contribution in [0.1, 0.15) is 41.5 Å². The molecule has 0 aromatic carbocycles. The molecule has 0 atom stereocenters. The maximum absolute atomic E-state index is 4.93. The minimum atomic E-state index is 0.709. The summed E-state index contributed by atoms with van der Waals surface area (Å²) >= 11 is 0. The molecule has 0 radical (unpaired) electrons. The summed E-state index contributed by atoms with van der Waals surface area (Å²) in [7, 11) is 1.70. The molecule has 0 bridgehead atoms. The fraction of sp³-hybridized carbons (Fsp3) is 0.667. The molecular weight excluding hydrogens is 160 g/mol. The van der Waals surface area contributed by atoms with Gasteiger partial charge in [0.15, 0.2) is 0 Å². The van der Waals surface area contributed by atoms with Gasteiger partial charge in [-0.15, -0.1) is 0 Å². The number of ether oxygens (including phenoxy) is 1. The second kappa shape index (κ2) is 22.5. The van der Waals surface area contributed by atoms with E-state index in [9.17, 15) is 0 Å². The van der Waals surface area contributed by atoms with E-state index in [2.05, 4.69) is 0 Å². The van der Waals surface area contributed by atoms with Crippen molar-refractivity contribution in [3.8, 4) is 0 Å². The molecule has 0 aromatic heterocycles. The number of hydrogen-bond donors (Lipinski definition) is 0. The molecule has 1 nitrogen and oxygen atoms in total. The van der Waals surface area contributed by atoms with Crippen molar-refractivity contribution < 1.29 is 4.74 Å². The maximum Gasteiger partial charge on any atom is 0.0709 e. The first kappa shape index (κ1) is 18.3. The van der Waals surface area contributed by atoms with Crippen LogP contribution in [0.5, 0.6) is 0 Å². The Kier molecular flexibility index (Phi) is 31.7.